The van der Waals surface area contributed by atoms with Gasteiger partial charge < -0.3 is 15.4 Å². The number of ether oxygens (including phenoxy) is 1. The number of rotatable bonds is 6. The molecule has 1 saturated heterocycles. The predicted molar refractivity (Wildman–Crippen MR) is 83.2 cm³/mol. The van der Waals surface area contributed by atoms with Crippen molar-refractivity contribution in [2.45, 2.75) is 32.6 Å². The normalized spacial score (nSPS) is 19.9. The minimum atomic E-state index is 0. The highest BCUT2D eigenvalue weighted by Crippen LogP contribution is 2.10. The number of halogens is 1. The number of hydrogen-bond acceptors (Lipinski definition) is 2. The largest absolute Gasteiger partial charge is 0.381 e. The van der Waals surface area contributed by atoms with Gasteiger partial charge in [-0.05, 0) is 12.8 Å². The predicted octanol–water partition coefficient (Wildman–Crippen LogP) is 2.00. The smallest absolute Gasteiger partial charge is 0.190 e. The van der Waals surface area contributed by atoms with E-state index < -0.39 is 0 Å². The average molecular weight is 355 g/mol. The van der Waals surface area contributed by atoms with Gasteiger partial charge in [0.15, 0.2) is 5.96 Å². The van der Waals surface area contributed by atoms with Gasteiger partial charge in [-0.25, -0.2) is 0 Å². The van der Waals surface area contributed by atoms with Crippen LogP contribution in [0, 0.1) is 5.92 Å². The number of nitrogens with zero attached hydrogens (tertiary/aromatic N) is 1. The van der Waals surface area contributed by atoms with Gasteiger partial charge in [-0.1, -0.05) is 19.8 Å². The Morgan fingerprint density at radius 2 is 2.18 bits per heavy atom. The summed E-state index contributed by atoms with van der Waals surface area (Å²) < 4.78 is 5.34. The molecule has 5 heteroatoms. The van der Waals surface area contributed by atoms with E-state index in [1.807, 2.05) is 7.05 Å². The number of nitrogens with one attached hydrogen (secondary N) is 2. The molecule has 4 nitrogen and oxygen atoms in total. The van der Waals surface area contributed by atoms with Crippen LogP contribution in [0.25, 0.3) is 0 Å². The van der Waals surface area contributed by atoms with Crippen molar-refractivity contribution in [1.82, 2.24) is 10.6 Å². The summed E-state index contributed by atoms with van der Waals surface area (Å²) in [5.41, 5.74) is 0. The number of guanidine groups is 1. The Bertz CT molecular complexity index is 206. The van der Waals surface area contributed by atoms with Crippen molar-refractivity contribution in [3.63, 3.8) is 0 Å². The summed E-state index contributed by atoms with van der Waals surface area (Å²) in [6.45, 7) is 5.99. The molecule has 102 valence electrons. The second-order valence-electron chi connectivity index (χ2n) is 4.32. The third-order valence-electron chi connectivity index (χ3n) is 2.88. The molecule has 1 unspecified atom stereocenters. The molecule has 1 aliphatic heterocycles. The SMILES string of the molecule is CCCCCNC(=NC)NCC1CCOC1.I. The van der Waals surface area contributed by atoms with Gasteiger partial charge in [0.1, 0.15) is 0 Å². The second-order valence-corrected chi connectivity index (χ2v) is 4.32. The molecular weight excluding hydrogens is 329 g/mol. The molecule has 0 aromatic carbocycles. The van der Waals surface area contributed by atoms with Crippen LogP contribution in [0.3, 0.4) is 0 Å². The first kappa shape index (κ1) is 17.0. The fourth-order valence-electron chi connectivity index (χ4n) is 1.79. The molecule has 0 aliphatic carbocycles. The second kappa shape index (κ2) is 11.1. The Morgan fingerprint density at radius 1 is 1.35 bits per heavy atom. The fraction of sp³-hybridized carbons (Fsp3) is 0.917. The van der Waals surface area contributed by atoms with Crippen molar-refractivity contribution in [3.05, 3.63) is 0 Å². The van der Waals surface area contributed by atoms with E-state index in [1.165, 1.54) is 25.7 Å². The lowest BCUT2D eigenvalue weighted by Gasteiger charge is -2.14. The van der Waals surface area contributed by atoms with Crippen molar-refractivity contribution in [2.75, 3.05) is 33.4 Å². The molecule has 0 spiro atoms. The minimum Gasteiger partial charge on any atom is -0.381 e. The van der Waals surface area contributed by atoms with Crippen LogP contribution in [-0.4, -0.2) is 39.3 Å². The molecule has 0 saturated carbocycles. The van der Waals surface area contributed by atoms with Gasteiger partial charge in [-0.2, -0.15) is 0 Å². The Kier molecular flexibility index (Phi) is 11.0. The highest BCUT2D eigenvalue weighted by atomic mass is 127. The summed E-state index contributed by atoms with van der Waals surface area (Å²) in [5, 5.41) is 6.67. The zero-order valence-corrected chi connectivity index (χ0v) is 13.3. The van der Waals surface area contributed by atoms with Gasteiger partial charge in [0, 0.05) is 32.7 Å². The van der Waals surface area contributed by atoms with Crippen LogP contribution in [0.1, 0.15) is 32.6 Å². The molecule has 1 rings (SSSR count). The van der Waals surface area contributed by atoms with Crippen LogP contribution in [-0.2, 0) is 4.74 Å². The first-order valence-corrected chi connectivity index (χ1v) is 6.39. The molecule has 2 N–H and O–H groups in total. The van der Waals surface area contributed by atoms with Gasteiger partial charge in [-0.15, -0.1) is 24.0 Å². The maximum atomic E-state index is 5.34. The summed E-state index contributed by atoms with van der Waals surface area (Å²) in [6, 6.07) is 0. The van der Waals surface area contributed by atoms with E-state index in [0.717, 1.165) is 32.3 Å². The highest BCUT2D eigenvalue weighted by molar-refractivity contribution is 14.0. The molecule has 1 heterocycles. The van der Waals surface area contributed by atoms with Crippen LogP contribution in [0.4, 0.5) is 0 Å². The van der Waals surface area contributed by atoms with Crippen molar-refractivity contribution < 1.29 is 4.74 Å². The number of unbranched alkanes of at least 4 members (excludes halogenated alkanes) is 2. The van der Waals surface area contributed by atoms with E-state index in [1.54, 1.807) is 0 Å². The Hall–Kier alpha value is -0.0400. The van der Waals surface area contributed by atoms with E-state index in [2.05, 4.69) is 22.5 Å². The lowest BCUT2D eigenvalue weighted by Crippen LogP contribution is -2.40. The topological polar surface area (TPSA) is 45.7 Å². The summed E-state index contributed by atoms with van der Waals surface area (Å²) in [7, 11) is 1.82. The quantitative estimate of drug-likeness (QED) is 0.332. The maximum Gasteiger partial charge on any atom is 0.190 e. The summed E-state index contributed by atoms with van der Waals surface area (Å²) in [5.74, 6) is 1.57. The van der Waals surface area contributed by atoms with Gasteiger partial charge in [0.25, 0.3) is 0 Å². The molecular formula is C12H26IN3O. The van der Waals surface area contributed by atoms with E-state index in [4.69, 9.17) is 4.74 Å². The number of hydrogen-bond donors (Lipinski definition) is 2. The van der Waals surface area contributed by atoms with Crippen molar-refractivity contribution in [2.24, 2.45) is 10.9 Å². The molecule has 1 aliphatic rings. The van der Waals surface area contributed by atoms with E-state index in [0.29, 0.717) is 5.92 Å². The number of aliphatic imine (C=N–C) groups is 1. The third kappa shape index (κ3) is 7.81. The van der Waals surface area contributed by atoms with Gasteiger partial charge in [0.05, 0.1) is 6.61 Å². The molecule has 0 aromatic rings. The van der Waals surface area contributed by atoms with E-state index >= 15 is 0 Å². The lowest BCUT2D eigenvalue weighted by atomic mass is 10.1. The summed E-state index contributed by atoms with van der Waals surface area (Å²) in [6.07, 6.45) is 4.91. The fourth-order valence-corrected chi connectivity index (χ4v) is 1.79. The van der Waals surface area contributed by atoms with Crippen LogP contribution in [0.5, 0.6) is 0 Å². The molecule has 0 amide bonds. The maximum absolute atomic E-state index is 5.34. The van der Waals surface area contributed by atoms with Gasteiger partial charge in [-0.3, -0.25) is 4.99 Å². The van der Waals surface area contributed by atoms with Crippen LogP contribution in [0.2, 0.25) is 0 Å². The molecule has 0 radical (unpaired) electrons. The van der Waals surface area contributed by atoms with Gasteiger partial charge in [0.2, 0.25) is 0 Å². The highest BCUT2D eigenvalue weighted by Gasteiger charge is 2.15. The van der Waals surface area contributed by atoms with Gasteiger partial charge >= 0.3 is 0 Å². The minimum absolute atomic E-state index is 0. The molecule has 0 bridgehead atoms. The van der Waals surface area contributed by atoms with E-state index in [9.17, 15) is 0 Å². The lowest BCUT2D eigenvalue weighted by molar-refractivity contribution is 0.186. The van der Waals surface area contributed by atoms with E-state index in [-0.39, 0.29) is 24.0 Å². The summed E-state index contributed by atoms with van der Waals surface area (Å²) >= 11 is 0. The van der Waals surface area contributed by atoms with Crippen molar-refractivity contribution in [3.8, 4) is 0 Å². The molecule has 1 fully saturated rings. The zero-order valence-electron chi connectivity index (χ0n) is 11.0. The average Bonchev–Trinajstić information content (AvgIpc) is 2.81. The third-order valence-corrected chi connectivity index (χ3v) is 2.88. The molecule has 17 heavy (non-hydrogen) atoms. The molecule has 0 aromatic heterocycles. The zero-order chi connectivity index (χ0) is 11.6. The Balaban J connectivity index is 0.00000256. The first-order valence-electron chi connectivity index (χ1n) is 6.39. The van der Waals surface area contributed by atoms with Crippen molar-refractivity contribution in [1.29, 1.82) is 0 Å². The summed E-state index contributed by atoms with van der Waals surface area (Å²) in [4.78, 5) is 4.20. The van der Waals surface area contributed by atoms with Crippen LogP contribution >= 0.6 is 24.0 Å². The Labute approximate surface area is 122 Å². The Morgan fingerprint density at radius 3 is 2.76 bits per heavy atom. The standard InChI is InChI=1S/C12H25N3O.HI/c1-3-4-5-7-14-12(13-2)15-9-11-6-8-16-10-11;/h11H,3-10H2,1-2H3,(H2,13,14,15);1H. The van der Waals surface area contributed by atoms with Crippen molar-refractivity contribution >= 4 is 29.9 Å². The van der Waals surface area contributed by atoms with Crippen LogP contribution < -0.4 is 10.6 Å². The van der Waals surface area contributed by atoms with Crippen LogP contribution in [0.15, 0.2) is 4.99 Å². The monoisotopic (exact) mass is 355 g/mol. The first-order chi connectivity index (χ1) is 7.86. The molecule has 1 atom stereocenters.